The fourth-order valence-electron chi connectivity index (χ4n) is 28.9. The van der Waals surface area contributed by atoms with E-state index in [4.69, 9.17) is 18.9 Å². The van der Waals surface area contributed by atoms with Crippen molar-refractivity contribution in [2.24, 2.45) is 85.8 Å². The van der Waals surface area contributed by atoms with E-state index in [1.807, 2.05) is 116 Å². The highest BCUT2D eigenvalue weighted by molar-refractivity contribution is 9.10. The lowest BCUT2D eigenvalue weighted by atomic mass is 9.47. The number of aromatic nitrogens is 3. The van der Waals surface area contributed by atoms with Gasteiger partial charge in [0.05, 0.1) is 19.3 Å². The Balaban J connectivity index is 0.000000143. The van der Waals surface area contributed by atoms with Gasteiger partial charge in [-0.1, -0.05) is 220 Å². The van der Waals surface area contributed by atoms with E-state index in [1.54, 1.807) is 0 Å². The maximum absolute atomic E-state index is 13.4. The Labute approximate surface area is 853 Å². The summed E-state index contributed by atoms with van der Waals surface area (Å²) < 4.78 is 37.0. The van der Waals surface area contributed by atoms with Gasteiger partial charge in [0.1, 0.15) is 37.2 Å². The smallest absolute Gasteiger partial charge is 0.323 e. The van der Waals surface area contributed by atoms with Crippen LogP contribution in [-0.4, -0.2) is 132 Å². The summed E-state index contributed by atoms with van der Waals surface area (Å²) in [5.41, 5.74) is 18.0. The molecule has 3 aromatic heterocycles. The first-order valence-corrected chi connectivity index (χ1v) is 53.1. The third-order valence-electron chi connectivity index (χ3n) is 36.4. The molecule has 0 saturated heterocycles. The van der Waals surface area contributed by atoms with Crippen LogP contribution >= 0.6 is 15.9 Å². The van der Waals surface area contributed by atoms with Crippen molar-refractivity contribution in [1.29, 1.82) is 0 Å². The molecule has 18 atom stereocenters. The van der Waals surface area contributed by atoms with Gasteiger partial charge in [-0.2, -0.15) is 0 Å². The van der Waals surface area contributed by atoms with E-state index in [-0.39, 0.29) is 133 Å². The van der Waals surface area contributed by atoms with Gasteiger partial charge in [0.15, 0.2) is 6.73 Å². The van der Waals surface area contributed by atoms with Crippen molar-refractivity contribution in [2.75, 3.05) is 19.8 Å². The lowest BCUT2D eigenvalue weighted by Crippen LogP contribution is -2.50. The monoisotopic (exact) mass is 2010 g/mol. The van der Waals surface area contributed by atoms with Crippen LogP contribution in [0.4, 0.5) is 4.39 Å². The molecular weight excluding hydrogens is 1880 g/mol. The van der Waals surface area contributed by atoms with Crippen molar-refractivity contribution in [3.05, 3.63) is 286 Å². The van der Waals surface area contributed by atoms with Crippen LogP contribution < -0.4 is 0 Å². The summed E-state index contributed by atoms with van der Waals surface area (Å²) in [4.78, 5) is 129. The molecule has 8 aromatic rings. The zero-order valence-corrected chi connectivity index (χ0v) is 85.4. The van der Waals surface area contributed by atoms with Gasteiger partial charge >= 0.3 is 29.8 Å². The number of carboxylic acid groups (broad SMARTS) is 2. The number of pyridine rings is 3. The van der Waals surface area contributed by atoms with Crippen LogP contribution in [0.2, 0.25) is 0 Å². The van der Waals surface area contributed by atoms with Crippen molar-refractivity contribution in [2.45, 2.75) is 253 Å². The van der Waals surface area contributed by atoms with Crippen LogP contribution in [0.25, 0.3) is 38.6 Å². The van der Waals surface area contributed by atoms with E-state index in [0.29, 0.717) is 65.3 Å². The molecule has 6 saturated carbocycles. The molecule has 20 rings (SSSR count). The summed E-state index contributed by atoms with van der Waals surface area (Å²) in [5, 5.41) is 21.0. The van der Waals surface area contributed by atoms with E-state index >= 15 is 0 Å². The summed E-state index contributed by atoms with van der Waals surface area (Å²) in [6, 6.07) is 48.3. The van der Waals surface area contributed by atoms with Crippen LogP contribution in [0.5, 0.6) is 0 Å². The standard InChI is InChI=1S/C47H50N2O5.C37H43BrN2O5.C37H43FN2O5/c1-46-24-22-37(27-36(46)16-17-40-42-19-18-41(35-9-6-26-48-28-35)47(42,2)25-23-43(40)46)54-45(52)21-20-44(51)49(30-53-31-50)29-32-12-14-34(15-13-32)39-11-5-8-33-7-3-4-10-38(33)39;2*1-36-17-15-28(45-35(44)14-13-33(41)40(23-34(42)43)22-24-5-8-27(38)9-6-24)20-26(36)7-10-29-31-12-11-30(25-4-3-19-39-21-25)37(31,2)18-16-32(29)36/h3-16,18,26,28,31,37,40,42-43H,17,19-25,27,29-30H2,1-2H3;2*3-9,11,19,21,28-29,31-32H,10,12-18,20,22-23H2,1-2H3,(H,42,43)/t37-,40-,42-,43-,46-,47+;2*28-,29-,31-,32-,36-,37+/m000/s1. The molecule has 5 aromatic carbocycles. The normalized spacial score (nSPS) is 29.0. The number of fused-ring (bicyclic) bond motifs is 16. The highest BCUT2D eigenvalue weighted by Gasteiger charge is 2.61. The van der Waals surface area contributed by atoms with Gasteiger partial charge in [-0.15, -0.1) is 0 Å². The average Bonchev–Trinajstić information content (AvgIpc) is 1.48. The first-order valence-electron chi connectivity index (χ1n) is 52.3. The molecule has 0 bridgehead atoms. The van der Waals surface area contributed by atoms with E-state index in [2.05, 4.69) is 157 Å². The molecule has 3 heterocycles. The molecule has 0 spiro atoms. The summed E-state index contributed by atoms with van der Waals surface area (Å²) in [6.45, 7) is 14.5. The molecule has 6 fully saturated rings. The number of aliphatic carboxylic acids is 2. The number of carbonyl (C=O) groups excluding carboxylic acids is 7. The lowest BCUT2D eigenvalue weighted by Gasteiger charge is -2.57. The van der Waals surface area contributed by atoms with Crippen LogP contribution in [0, 0.1) is 91.6 Å². The Morgan fingerprint density at radius 1 is 0.389 bits per heavy atom. The highest BCUT2D eigenvalue weighted by atomic mass is 79.9. The number of benzene rings is 5. The molecule has 12 aliphatic carbocycles. The van der Waals surface area contributed by atoms with E-state index in [0.717, 1.165) is 123 Å². The molecule has 23 heteroatoms. The topological polar surface area (TPSA) is 279 Å². The van der Waals surface area contributed by atoms with Crippen LogP contribution in [-0.2, 0) is 81.7 Å². The second-order valence-corrected chi connectivity index (χ2v) is 45.2. The zero-order chi connectivity index (χ0) is 101. The first-order chi connectivity index (χ1) is 69.4. The Bertz CT molecular complexity index is 6060. The summed E-state index contributed by atoms with van der Waals surface area (Å²) >= 11 is 3.39. The average molecular weight is 2010 g/mol. The number of carboxylic acids is 2. The zero-order valence-electron chi connectivity index (χ0n) is 83.8. The van der Waals surface area contributed by atoms with Crippen LogP contribution in [0.1, 0.15) is 248 Å². The van der Waals surface area contributed by atoms with Crippen molar-refractivity contribution < 1.29 is 76.7 Å². The van der Waals surface area contributed by atoms with E-state index in [1.165, 1.54) is 138 Å². The third kappa shape index (κ3) is 21.6. The number of halogens is 2. The first kappa shape index (κ1) is 102. The number of nitrogens with zero attached hydrogens (tertiary/aromatic N) is 6. The van der Waals surface area contributed by atoms with Gasteiger partial charge < -0.3 is 43.9 Å². The molecule has 21 nitrogen and oxygen atoms in total. The molecule has 0 unspecified atom stereocenters. The molecule has 144 heavy (non-hydrogen) atoms. The number of amides is 3. The molecule has 12 aliphatic rings. The quantitative estimate of drug-likeness (QED) is 0.0145. The SMILES string of the molecule is C[C@]12CC[C@H](OC(=O)CCC(=O)N(CC(=O)O)Cc3ccc(Br)cc3)CC1=CC[C@@H]1[C@@H]2CC[C@]2(C)C(c3cccnc3)=CC[C@@H]12.C[C@]12CC[C@H](OC(=O)CCC(=O)N(CC(=O)O)Cc3ccc(F)cc3)CC1=CC[C@@H]1[C@@H]2CC[C@]2(C)C(c3cccnc3)=CC[C@@H]12.C[C@]12CC[C@H](OC(=O)CCC(=O)N(COC=O)Cc3ccc(-c4cccc5ccccc45)cc3)CC1=CC[C@@H]1[C@@H]2CC[C@]2(C)C(c3cccnc3)=CC[C@@H]12. The minimum absolute atomic E-state index is 0.0127. The number of esters is 3. The van der Waals surface area contributed by atoms with Gasteiger partial charge in [-0.25, -0.2) is 4.39 Å². The number of allylic oxidation sites excluding steroid dienone is 9. The van der Waals surface area contributed by atoms with E-state index in [9.17, 15) is 57.8 Å². The van der Waals surface area contributed by atoms with Crippen molar-refractivity contribution in [3.8, 4) is 11.1 Å². The maximum Gasteiger partial charge on any atom is 0.323 e. The Morgan fingerprint density at radius 3 is 1.12 bits per heavy atom. The van der Waals surface area contributed by atoms with Crippen molar-refractivity contribution >= 4 is 97.5 Å². The summed E-state index contributed by atoms with van der Waals surface area (Å²) in [6.07, 6.45) is 47.0. The largest absolute Gasteiger partial charge is 0.480 e. The van der Waals surface area contributed by atoms with Gasteiger partial charge in [0.25, 0.3) is 6.47 Å². The van der Waals surface area contributed by atoms with Gasteiger partial charge in [0.2, 0.25) is 17.7 Å². The fourth-order valence-corrected chi connectivity index (χ4v) is 29.1. The number of ether oxygens (including phenoxy) is 4. The van der Waals surface area contributed by atoms with Crippen molar-refractivity contribution in [3.63, 3.8) is 0 Å². The predicted octanol–water partition coefficient (Wildman–Crippen LogP) is 24.3. The molecule has 754 valence electrons. The number of rotatable bonds is 29. The van der Waals surface area contributed by atoms with Crippen LogP contribution in [0.3, 0.4) is 0 Å². The number of hydrogen-bond donors (Lipinski definition) is 2. The summed E-state index contributed by atoms with van der Waals surface area (Å²) in [5.74, 6) is 0.832. The van der Waals surface area contributed by atoms with Gasteiger partial charge in [-0.3, -0.25) is 58.1 Å². The second-order valence-electron chi connectivity index (χ2n) is 44.2. The number of hydrogen-bond acceptors (Lipinski definition) is 16. The molecule has 0 radical (unpaired) electrons. The van der Waals surface area contributed by atoms with Crippen LogP contribution in [0.15, 0.2) is 246 Å². The molecular formula is C121H136BrFN6O15. The van der Waals surface area contributed by atoms with Crippen molar-refractivity contribution in [1.82, 2.24) is 29.7 Å². The van der Waals surface area contributed by atoms with Gasteiger partial charge in [-0.05, 0) is 316 Å². The van der Waals surface area contributed by atoms with Gasteiger partial charge in [0, 0.05) is 99.8 Å². The minimum Gasteiger partial charge on any atom is -0.480 e. The fraction of sp³-hybridized carbons (Fsp3) is 0.471. The molecule has 0 aliphatic heterocycles. The molecule has 2 N–H and O–H groups in total. The van der Waals surface area contributed by atoms with E-state index < -0.39 is 48.7 Å². The molecule has 3 amide bonds. The third-order valence-corrected chi connectivity index (χ3v) is 36.9. The second kappa shape index (κ2) is 43.7. The summed E-state index contributed by atoms with van der Waals surface area (Å²) in [7, 11) is 0. The maximum atomic E-state index is 13.4. The Kier molecular flexibility index (Phi) is 30.9. The number of carbonyl (C=O) groups is 9. The highest BCUT2D eigenvalue weighted by Crippen LogP contribution is 2.70. The Morgan fingerprint density at radius 2 is 0.743 bits per heavy atom. The Hall–Kier alpha value is -12.1. The predicted molar refractivity (Wildman–Crippen MR) is 554 cm³/mol. The lowest BCUT2D eigenvalue weighted by molar-refractivity contribution is -0.154. The minimum atomic E-state index is -1.15.